The SMILES string of the molecule is Cc1cccc(CCC(=O)N(C)CCCCCN)c1. The van der Waals surface area contributed by atoms with Gasteiger partial charge in [-0.3, -0.25) is 4.79 Å². The molecule has 1 amide bonds. The number of nitrogens with two attached hydrogens (primary N) is 1. The molecule has 1 aromatic carbocycles. The quantitative estimate of drug-likeness (QED) is 0.732. The minimum absolute atomic E-state index is 0.231. The van der Waals surface area contributed by atoms with E-state index < -0.39 is 0 Å². The number of amides is 1. The predicted molar refractivity (Wildman–Crippen MR) is 80.0 cm³/mol. The molecule has 0 saturated carbocycles. The third kappa shape index (κ3) is 6.39. The maximum Gasteiger partial charge on any atom is 0.222 e. The van der Waals surface area contributed by atoms with Crippen molar-refractivity contribution in [1.29, 1.82) is 0 Å². The second-order valence-electron chi connectivity index (χ2n) is 5.15. The number of rotatable bonds is 8. The van der Waals surface area contributed by atoms with Gasteiger partial charge < -0.3 is 10.6 Å². The van der Waals surface area contributed by atoms with Gasteiger partial charge in [-0.2, -0.15) is 0 Å². The first kappa shape index (κ1) is 15.7. The zero-order valence-electron chi connectivity index (χ0n) is 12.2. The van der Waals surface area contributed by atoms with Crippen LogP contribution in [0.15, 0.2) is 24.3 Å². The molecule has 3 nitrogen and oxygen atoms in total. The van der Waals surface area contributed by atoms with Crippen LogP contribution >= 0.6 is 0 Å². The summed E-state index contributed by atoms with van der Waals surface area (Å²) in [5.41, 5.74) is 7.94. The molecular formula is C16H26N2O. The van der Waals surface area contributed by atoms with Gasteiger partial charge in [0, 0.05) is 20.0 Å². The summed E-state index contributed by atoms with van der Waals surface area (Å²) in [6.45, 7) is 3.66. The van der Waals surface area contributed by atoms with Crippen molar-refractivity contribution in [3.63, 3.8) is 0 Å². The monoisotopic (exact) mass is 262 g/mol. The molecule has 0 aliphatic heterocycles. The van der Waals surface area contributed by atoms with E-state index in [1.54, 1.807) is 0 Å². The van der Waals surface area contributed by atoms with Crippen molar-refractivity contribution in [3.05, 3.63) is 35.4 Å². The Labute approximate surface area is 116 Å². The number of benzene rings is 1. The molecule has 0 unspecified atom stereocenters. The van der Waals surface area contributed by atoms with Crippen LogP contribution in [0.4, 0.5) is 0 Å². The Balaban J connectivity index is 2.26. The van der Waals surface area contributed by atoms with Gasteiger partial charge in [-0.15, -0.1) is 0 Å². The van der Waals surface area contributed by atoms with Crippen molar-refractivity contribution in [2.45, 2.75) is 39.0 Å². The van der Waals surface area contributed by atoms with E-state index in [0.717, 1.165) is 38.8 Å². The first-order chi connectivity index (χ1) is 9.13. The summed E-state index contributed by atoms with van der Waals surface area (Å²) in [4.78, 5) is 13.8. The molecule has 106 valence electrons. The second-order valence-corrected chi connectivity index (χ2v) is 5.15. The molecule has 0 saturated heterocycles. The number of hydrogen-bond donors (Lipinski definition) is 1. The topological polar surface area (TPSA) is 46.3 Å². The zero-order chi connectivity index (χ0) is 14.1. The standard InChI is InChI=1S/C16H26N2O/c1-14-7-6-8-15(13-14)9-10-16(19)18(2)12-5-3-4-11-17/h6-8,13H,3-5,9-12,17H2,1-2H3. The lowest BCUT2D eigenvalue weighted by Crippen LogP contribution is -2.28. The molecule has 0 aliphatic carbocycles. The summed E-state index contributed by atoms with van der Waals surface area (Å²) >= 11 is 0. The smallest absolute Gasteiger partial charge is 0.222 e. The molecule has 0 bridgehead atoms. The van der Waals surface area contributed by atoms with E-state index in [1.165, 1.54) is 11.1 Å². The predicted octanol–water partition coefficient (Wildman–Crippen LogP) is 2.52. The Hall–Kier alpha value is -1.35. The molecule has 0 fully saturated rings. The lowest BCUT2D eigenvalue weighted by atomic mass is 10.1. The Morgan fingerprint density at radius 3 is 2.74 bits per heavy atom. The Morgan fingerprint density at radius 2 is 2.05 bits per heavy atom. The molecular weight excluding hydrogens is 236 g/mol. The average molecular weight is 262 g/mol. The van der Waals surface area contributed by atoms with E-state index in [9.17, 15) is 4.79 Å². The normalized spacial score (nSPS) is 10.5. The number of unbranched alkanes of at least 4 members (excludes halogenated alkanes) is 2. The molecule has 0 aromatic heterocycles. The van der Waals surface area contributed by atoms with Crippen molar-refractivity contribution >= 4 is 5.91 Å². The van der Waals surface area contributed by atoms with Gasteiger partial charge in [0.25, 0.3) is 0 Å². The van der Waals surface area contributed by atoms with E-state index in [1.807, 2.05) is 18.0 Å². The lowest BCUT2D eigenvalue weighted by molar-refractivity contribution is -0.129. The first-order valence-corrected chi connectivity index (χ1v) is 7.13. The molecule has 0 aliphatic rings. The number of nitrogens with zero attached hydrogens (tertiary/aromatic N) is 1. The molecule has 0 spiro atoms. The van der Waals surface area contributed by atoms with Gasteiger partial charge in [-0.1, -0.05) is 36.2 Å². The highest BCUT2D eigenvalue weighted by atomic mass is 16.2. The highest BCUT2D eigenvalue weighted by molar-refractivity contribution is 5.76. The summed E-state index contributed by atoms with van der Waals surface area (Å²) in [5, 5.41) is 0. The van der Waals surface area contributed by atoms with E-state index >= 15 is 0 Å². The third-order valence-corrected chi connectivity index (χ3v) is 3.33. The minimum Gasteiger partial charge on any atom is -0.346 e. The molecule has 0 radical (unpaired) electrons. The van der Waals surface area contributed by atoms with Crippen molar-refractivity contribution in [3.8, 4) is 0 Å². The highest BCUT2D eigenvalue weighted by Crippen LogP contribution is 2.08. The molecule has 0 heterocycles. The summed E-state index contributed by atoms with van der Waals surface area (Å²) in [5.74, 6) is 0.231. The summed E-state index contributed by atoms with van der Waals surface area (Å²) in [7, 11) is 1.89. The van der Waals surface area contributed by atoms with Crippen LogP contribution in [0, 0.1) is 6.92 Å². The van der Waals surface area contributed by atoms with Gasteiger partial charge in [-0.25, -0.2) is 0 Å². The van der Waals surface area contributed by atoms with E-state index in [-0.39, 0.29) is 5.91 Å². The average Bonchev–Trinajstić information content (AvgIpc) is 2.41. The number of carbonyl (C=O) groups is 1. The van der Waals surface area contributed by atoms with Crippen LogP contribution in [0.3, 0.4) is 0 Å². The van der Waals surface area contributed by atoms with Crippen LogP contribution in [0.25, 0.3) is 0 Å². The molecule has 3 heteroatoms. The maximum atomic E-state index is 12.0. The fourth-order valence-corrected chi connectivity index (χ4v) is 2.10. The maximum absolute atomic E-state index is 12.0. The van der Waals surface area contributed by atoms with Crippen LogP contribution in [-0.2, 0) is 11.2 Å². The van der Waals surface area contributed by atoms with Crippen molar-refractivity contribution in [1.82, 2.24) is 4.90 Å². The van der Waals surface area contributed by atoms with Gasteiger partial charge in [-0.05, 0) is 38.3 Å². The van der Waals surface area contributed by atoms with Crippen LogP contribution in [0.1, 0.15) is 36.8 Å². The van der Waals surface area contributed by atoms with Crippen molar-refractivity contribution in [2.75, 3.05) is 20.1 Å². The van der Waals surface area contributed by atoms with Gasteiger partial charge in [0.05, 0.1) is 0 Å². The van der Waals surface area contributed by atoms with Crippen LogP contribution < -0.4 is 5.73 Å². The molecule has 2 N–H and O–H groups in total. The summed E-state index contributed by atoms with van der Waals surface area (Å²) < 4.78 is 0. The van der Waals surface area contributed by atoms with Gasteiger partial charge in [0.2, 0.25) is 5.91 Å². The Bertz CT molecular complexity index is 390. The molecule has 0 atom stereocenters. The second kappa shape index (κ2) is 8.70. The third-order valence-electron chi connectivity index (χ3n) is 3.33. The zero-order valence-corrected chi connectivity index (χ0v) is 12.2. The van der Waals surface area contributed by atoms with Gasteiger partial charge in [0.15, 0.2) is 0 Å². The van der Waals surface area contributed by atoms with E-state index in [2.05, 4.69) is 25.1 Å². The summed E-state index contributed by atoms with van der Waals surface area (Å²) in [6, 6.07) is 8.36. The first-order valence-electron chi connectivity index (χ1n) is 7.13. The van der Waals surface area contributed by atoms with Crippen molar-refractivity contribution in [2.24, 2.45) is 5.73 Å². The largest absolute Gasteiger partial charge is 0.346 e. The molecule has 19 heavy (non-hydrogen) atoms. The number of hydrogen-bond acceptors (Lipinski definition) is 2. The lowest BCUT2D eigenvalue weighted by Gasteiger charge is -2.17. The summed E-state index contributed by atoms with van der Waals surface area (Å²) in [6.07, 6.45) is 4.62. The number of carbonyl (C=O) groups excluding carboxylic acids is 1. The van der Waals surface area contributed by atoms with E-state index in [0.29, 0.717) is 6.42 Å². The Kier molecular flexibility index (Phi) is 7.19. The van der Waals surface area contributed by atoms with Crippen LogP contribution in [-0.4, -0.2) is 30.9 Å². The van der Waals surface area contributed by atoms with Gasteiger partial charge >= 0.3 is 0 Å². The van der Waals surface area contributed by atoms with Gasteiger partial charge in [0.1, 0.15) is 0 Å². The highest BCUT2D eigenvalue weighted by Gasteiger charge is 2.08. The number of aryl methyl sites for hydroxylation is 2. The van der Waals surface area contributed by atoms with Crippen LogP contribution in [0.5, 0.6) is 0 Å². The van der Waals surface area contributed by atoms with E-state index in [4.69, 9.17) is 5.73 Å². The van der Waals surface area contributed by atoms with Crippen molar-refractivity contribution < 1.29 is 4.79 Å². The molecule has 1 rings (SSSR count). The Morgan fingerprint density at radius 1 is 1.26 bits per heavy atom. The fraction of sp³-hybridized carbons (Fsp3) is 0.562. The minimum atomic E-state index is 0.231. The molecule has 1 aromatic rings. The van der Waals surface area contributed by atoms with Crippen LogP contribution in [0.2, 0.25) is 0 Å². The fourth-order valence-electron chi connectivity index (χ4n) is 2.10.